The molecule has 1 aromatic heterocycles. The van der Waals surface area contributed by atoms with Crippen LogP contribution >= 0.6 is 0 Å². The number of hydrogen-bond donors (Lipinski definition) is 0. The summed E-state index contributed by atoms with van der Waals surface area (Å²) in [5.41, 5.74) is 1.11. The summed E-state index contributed by atoms with van der Waals surface area (Å²) in [6, 6.07) is 19.6. The smallest absolute Gasteiger partial charge is 0.257 e. The van der Waals surface area contributed by atoms with E-state index in [-0.39, 0.29) is 18.0 Å². The number of carbonyl (C=O) groups is 2. The van der Waals surface area contributed by atoms with Crippen molar-refractivity contribution in [3.05, 3.63) is 95.2 Å². The molecule has 2 amide bonds. The molecule has 0 spiro atoms. The molecule has 0 aliphatic heterocycles. The molecule has 5 nitrogen and oxygen atoms in total. The Bertz CT molecular complexity index is 1060. The summed E-state index contributed by atoms with van der Waals surface area (Å²) in [5.74, 6) is 0.247. The van der Waals surface area contributed by atoms with E-state index in [2.05, 4.69) is 6.92 Å². The number of nitrogens with zero attached hydrogens (tertiary/aromatic N) is 2. The van der Waals surface area contributed by atoms with Crippen molar-refractivity contribution in [2.45, 2.75) is 46.1 Å². The average molecular weight is 465 g/mol. The second kappa shape index (κ2) is 12.7. The highest BCUT2D eigenvalue weighted by Crippen LogP contribution is 2.15. The molecule has 0 saturated heterocycles. The van der Waals surface area contributed by atoms with Crippen LogP contribution in [0, 0.1) is 12.7 Å². The highest BCUT2D eigenvalue weighted by molar-refractivity contribution is 5.96. The fourth-order valence-corrected chi connectivity index (χ4v) is 3.83. The highest BCUT2D eigenvalue weighted by atomic mass is 19.1. The number of halogens is 1. The first kappa shape index (κ1) is 25.2. The van der Waals surface area contributed by atoms with Gasteiger partial charge in [0.15, 0.2) is 0 Å². The summed E-state index contributed by atoms with van der Waals surface area (Å²) in [7, 11) is 0. The zero-order chi connectivity index (χ0) is 24.3. The van der Waals surface area contributed by atoms with E-state index in [0.29, 0.717) is 31.8 Å². The van der Waals surface area contributed by atoms with Gasteiger partial charge in [0.1, 0.15) is 23.9 Å². The number of aryl methyl sites for hydroxylation is 1. The van der Waals surface area contributed by atoms with Crippen LogP contribution in [0.3, 0.4) is 0 Å². The van der Waals surface area contributed by atoms with Crippen LogP contribution in [0.1, 0.15) is 53.6 Å². The molecule has 6 heteroatoms. The van der Waals surface area contributed by atoms with Gasteiger partial charge in [0.25, 0.3) is 5.91 Å². The van der Waals surface area contributed by atoms with Crippen LogP contribution in [0.2, 0.25) is 0 Å². The van der Waals surface area contributed by atoms with E-state index >= 15 is 0 Å². The van der Waals surface area contributed by atoms with Crippen LogP contribution in [0.25, 0.3) is 0 Å². The lowest BCUT2D eigenvalue weighted by Gasteiger charge is -2.27. The van der Waals surface area contributed by atoms with Crippen molar-refractivity contribution in [3.8, 4) is 0 Å². The number of amides is 2. The van der Waals surface area contributed by atoms with Gasteiger partial charge < -0.3 is 14.2 Å². The Kier molecular flexibility index (Phi) is 9.44. The number of unbranched alkanes of at least 4 members (excludes halogenated alkanes) is 2. The average Bonchev–Trinajstić information content (AvgIpc) is 3.26. The topological polar surface area (TPSA) is 53.8 Å². The van der Waals surface area contributed by atoms with Crippen LogP contribution < -0.4 is 0 Å². The van der Waals surface area contributed by atoms with E-state index in [1.807, 2.05) is 49.4 Å². The lowest BCUT2D eigenvalue weighted by Crippen LogP contribution is -2.44. The van der Waals surface area contributed by atoms with Crippen molar-refractivity contribution < 1.29 is 18.4 Å². The predicted octanol–water partition coefficient (Wildman–Crippen LogP) is 5.63. The summed E-state index contributed by atoms with van der Waals surface area (Å²) in [6.45, 7) is 5.03. The monoisotopic (exact) mass is 464 g/mol. The van der Waals surface area contributed by atoms with Gasteiger partial charge in [0.05, 0.1) is 12.1 Å². The quantitative estimate of drug-likeness (QED) is 0.326. The van der Waals surface area contributed by atoms with Crippen molar-refractivity contribution >= 4 is 11.8 Å². The zero-order valence-electron chi connectivity index (χ0n) is 20.0. The lowest BCUT2D eigenvalue weighted by atomic mass is 10.1. The molecule has 3 aromatic rings. The molecule has 0 aliphatic carbocycles. The largest absolute Gasteiger partial charge is 0.464 e. The molecule has 0 saturated carbocycles. The molecule has 0 aliphatic rings. The molecular formula is C28H33FN2O3. The molecule has 0 unspecified atom stereocenters. The van der Waals surface area contributed by atoms with Crippen molar-refractivity contribution in [1.29, 1.82) is 0 Å². The second-order valence-corrected chi connectivity index (χ2v) is 8.48. The standard InChI is InChI=1S/C28H33FN2O3/c1-3-4-10-18-31(28(33)25-13-8-9-14-26(25)29)21-27(32)30(20-24-16-15-22(2)34-24)19-17-23-11-6-5-7-12-23/h5-9,11-16H,3-4,10,17-21H2,1-2H3. The Morgan fingerprint density at radius 2 is 1.62 bits per heavy atom. The minimum atomic E-state index is -0.576. The van der Waals surface area contributed by atoms with Crippen LogP contribution in [0.5, 0.6) is 0 Å². The Morgan fingerprint density at radius 3 is 2.29 bits per heavy atom. The van der Waals surface area contributed by atoms with Crippen LogP contribution in [-0.4, -0.2) is 41.2 Å². The summed E-state index contributed by atoms with van der Waals surface area (Å²) >= 11 is 0. The van der Waals surface area contributed by atoms with E-state index in [0.717, 1.165) is 30.6 Å². The maximum absolute atomic E-state index is 14.3. The summed E-state index contributed by atoms with van der Waals surface area (Å²) < 4.78 is 20.0. The number of rotatable bonds is 12. The van der Waals surface area contributed by atoms with E-state index in [1.165, 1.54) is 17.0 Å². The number of benzene rings is 2. The van der Waals surface area contributed by atoms with Gasteiger partial charge in [-0.05, 0) is 49.6 Å². The molecule has 180 valence electrons. The third kappa shape index (κ3) is 7.30. The van der Waals surface area contributed by atoms with Crippen molar-refractivity contribution in [2.24, 2.45) is 0 Å². The van der Waals surface area contributed by atoms with Crippen molar-refractivity contribution in [1.82, 2.24) is 9.80 Å². The summed E-state index contributed by atoms with van der Waals surface area (Å²) in [5, 5.41) is 0. The van der Waals surface area contributed by atoms with Gasteiger partial charge in [0.2, 0.25) is 5.91 Å². The van der Waals surface area contributed by atoms with Gasteiger partial charge in [-0.25, -0.2) is 4.39 Å². The van der Waals surface area contributed by atoms with Crippen LogP contribution in [-0.2, 0) is 17.8 Å². The van der Waals surface area contributed by atoms with Crippen LogP contribution in [0.4, 0.5) is 4.39 Å². The van der Waals surface area contributed by atoms with Gasteiger partial charge >= 0.3 is 0 Å². The minimum Gasteiger partial charge on any atom is -0.464 e. The first-order valence-electron chi connectivity index (χ1n) is 11.9. The fraction of sp³-hybridized carbons (Fsp3) is 0.357. The van der Waals surface area contributed by atoms with Crippen molar-refractivity contribution in [3.63, 3.8) is 0 Å². The maximum Gasteiger partial charge on any atom is 0.257 e. The highest BCUT2D eigenvalue weighted by Gasteiger charge is 2.24. The molecule has 34 heavy (non-hydrogen) atoms. The van der Waals surface area contributed by atoms with Crippen LogP contribution in [0.15, 0.2) is 71.1 Å². The maximum atomic E-state index is 14.3. The Morgan fingerprint density at radius 1 is 0.882 bits per heavy atom. The molecule has 3 rings (SSSR count). The zero-order valence-corrected chi connectivity index (χ0v) is 20.0. The van der Waals surface area contributed by atoms with E-state index < -0.39 is 11.7 Å². The summed E-state index contributed by atoms with van der Waals surface area (Å²) in [6.07, 6.45) is 3.35. The molecule has 2 aromatic carbocycles. The summed E-state index contributed by atoms with van der Waals surface area (Å²) in [4.78, 5) is 29.8. The third-order valence-electron chi connectivity index (χ3n) is 5.76. The van der Waals surface area contributed by atoms with Gasteiger partial charge in [-0.15, -0.1) is 0 Å². The Balaban J connectivity index is 1.77. The van der Waals surface area contributed by atoms with E-state index in [9.17, 15) is 14.0 Å². The first-order valence-corrected chi connectivity index (χ1v) is 11.9. The van der Waals surface area contributed by atoms with Gasteiger partial charge in [-0.2, -0.15) is 0 Å². The van der Waals surface area contributed by atoms with Gasteiger partial charge in [0, 0.05) is 13.1 Å². The predicted molar refractivity (Wildman–Crippen MR) is 131 cm³/mol. The SMILES string of the molecule is CCCCCN(CC(=O)N(CCc1ccccc1)Cc1ccc(C)o1)C(=O)c1ccccc1F. The Hall–Kier alpha value is -3.41. The molecule has 0 fully saturated rings. The van der Waals surface area contributed by atoms with Gasteiger partial charge in [-0.1, -0.05) is 62.2 Å². The molecule has 0 atom stereocenters. The first-order chi connectivity index (χ1) is 16.5. The lowest BCUT2D eigenvalue weighted by molar-refractivity contribution is -0.132. The fourth-order valence-electron chi connectivity index (χ4n) is 3.83. The minimum absolute atomic E-state index is 0.00991. The number of carbonyl (C=O) groups excluding carboxylic acids is 2. The number of furan rings is 1. The molecular weight excluding hydrogens is 431 g/mol. The molecule has 1 heterocycles. The van der Waals surface area contributed by atoms with Crippen molar-refractivity contribution in [2.75, 3.05) is 19.6 Å². The third-order valence-corrected chi connectivity index (χ3v) is 5.76. The normalized spacial score (nSPS) is 10.8. The van der Waals surface area contributed by atoms with E-state index in [4.69, 9.17) is 4.42 Å². The Labute approximate surface area is 201 Å². The number of hydrogen-bond acceptors (Lipinski definition) is 3. The second-order valence-electron chi connectivity index (χ2n) is 8.48. The van der Waals surface area contributed by atoms with E-state index in [1.54, 1.807) is 17.0 Å². The molecule has 0 bridgehead atoms. The molecule has 0 N–H and O–H groups in total. The molecule has 0 radical (unpaired) electrons. The van der Waals surface area contributed by atoms with Gasteiger partial charge in [-0.3, -0.25) is 9.59 Å².